The molecule has 1 atom stereocenters. The number of aryl methyl sites for hydroxylation is 1. The molecule has 0 spiro atoms. The van der Waals surface area contributed by atoms with Gasteiger partial charge in [-0.1, -0.05) is 19.6 Å². The van der Waals surface area contributed by atoms with Crippen molar-refractivity contribution in [2.45, 2.75) is 40.2 Å². The molecule has 1 unspecified atom stereocenters. The summed E-state index contributed by atoms with van der Waals surface area (Å²) in [6, 6.07) is 0. The fourth-order valence-electron chi connectivity index (χ4n) is 1.58. The number of rotatable bonds is 4. The number of hydrogen-bond acceptors (Lipinski definition) is 2. The van der Waals surface area contributed by atoms with Gasteiger partial charge in [0, 0.05) is 0 Å². The maximum Gasteiger partial charge on any atom is 0.105 e. The Morgan fingerprint density at radius 2 is 2.31 bits per heavy atom. The third-order valence-electron chi connectivity index (χ3n) is 2.56. The zero-order valence-corrected chi connectivity index (χ0v) is 10.5. The highest BCUT2D eigenvalue weighted by Crippen LogP contribution is 2.03. The molecule has 0 saturated carbocycles. The van der Waals surface area contributed by atoms with Crippen molar-refractivity contribution in [2.75, 3.05) is 0 Å². The molecule has 0 aliphatic heterocycles. The Hall–Kier alpha value is -1.51. The van der Waals surface area contributed by atoms with Gasteiger partial charge in [-0.2, -0.15) is 5.10 Å². The van der Waals surface area contributed by atoms with E-state index in [1.165, 1.54) is 0 Å². The van der Waals surface area contributed by atoms with Crippen LogP contribution in [0.2, 0.25) is 0 Å². The van der Waals surface area contributed by atoms with E-state index in [0.29, 0.717) is 0 Å². The van der Waals surface area contributed by atoms with Gasteiger partial charge >= 0.3 is 0 Å². The molecule has 0 radical (unpaired) electrons. The second-order valence-electron chi connectivity index (χ2n) is 3.89. The Balaban J connectivity index is 3.28. The molecule has 16 heavy (non-hydrogen) atoms. The van der Waals surface area contributed by atoms with E-state index in [1.54, 1.807) is 6.08 Å². The first kappa shape index (κ1) is 12.6. The second-order valence-corrected chi connectivity index (χ2v) is 3.89. The zero-order chi connectivity index (χ0) is 12.1. The molecule has 0 saturated heterocycles. The third kappa shape index (κ3) is 2.75. The number of aromatic nitrogens is 2. The lowest BCUT2D eigenvalue weighted by atomic mass is 10.2. The maximum atomic E-state index is 5.81. The van der Waals surface area contributed by atoms with E-state index in [2.05, 4.69) is 30.6 Å². The molecule has 3 nitrogen and oxygen atoms in total. The van der Waals surface area contributed by atoms with Gasteiger partial charge in [0.1, 0.15) is 5.76 Å². The summed E-state index contributed by atoms with van der Waals surface area (Å²) in [4.78, 5) is 0. The smallest absolute Gasteiger partial charge is 0.105 e. The average Bonchev–Trinajstić information content (AvgIpc) is 2.60. The highest BCUT2D eigenvalue weighted by Gasteiger charge is 2.04. The summed E-state index contributed by atoms with van der Waals surface area (Å²) in [5.41, 5.74) is 0.953. The average molecular weight is 220 g/mol. The van der Waals surface area contributed by atoms with Crippen molar-refractivity contribution in [1.29, 1.82) is 0 Å². The van der Waals surface area contributed by atoms with E-state index in [1.807, 2.05) is 19.9 Å². The molecular formula is C13H20N2O. The van der Waals surface area contributed by atoms with Gasteiger partial charge in [0.15, 0.2) is 0 Å². The Bertz CT molecular complexity index is 471. The lowest BCUT2D eigenvalue weighted by Crippen LogP contribution is -2.27. The molecule has 1 N–H and O–H groups in total. The van der Waals surface area contributed by atoms with E-state index in [-0.39, 0.29) is 6.10 Å². The van der Waals surface area contributed by atoms with Crippen LogP contribution in [0.4, 0.5) is 0 Å². The first-order chi connectivity index (χ1) is 7.60. The monoisotopic (exact) mass is 220 g/mol. The number of allylic oxidation sites excluding steroid dienone is 1. The van der Waals surface area contributed by atoms with Gasteiger partial charge in [0.25, 0.3) is 0 Å². The molecule has 1 heterocycles. The second kappa shape index (κ2) is 5.54. The van der Waals surface area contributed by atoms with Crippen molar-refractivity contribution in [1.82, 2.24) is 10.2 Å². The van der Waals surface area contributed by atoms with Crippen LogP contribution in [0.15, 0.2) is 12.7 Å². The highest BCUT2D eigenvalue weighted by molar-refractivity contribution is 5.41. The Morgan fingerprint density at radius 3 is 2.88 bits per heavy atom. The Labute approximate surface area is 96.5 Å². The minimum absolute atomic E-state index is 0.228. The number of nitrogens with zero attached hydrogens (tertiary/aromatic N) is 1. The summed E-state index contributed by atoms with van der Waals surface area (Å²) < 4.78 is 5.81. The van der Waals surface area contributed by atoms with Crippen molar-refractivity contribution < 1.29 is 4.74 Å². The van der Waals surface area contributed by atoms with E-state index >= 15 is 0 Å². The van der Waals surface area contributed by atoms with Gasteiger partial charge < -0.3 is 4.74 Å². The Morgan fingerprint density at radius 1 is 1.62 bits per heavy atom. The lowest BCUT2D eigenvalue weighted by Gasteiger charge is -2.12. The summed E-state index contributed by atoms with van der Waals surface area (Å²) in [7, 11) is 0. The minimum atomic E-state index is 0.228. The summed E-state index contributed by atoms with van der Waals surface area (Å²) in [6.07, 6.45) is 4.87. The number of hydrogen-bond donors (Lipinski definition) is 1. The molecule has 1 aromatic rings. The van der Waals surface area contributed by atoms with Crippen LogP contribution in [-0.4, -0.2) is 16.3 Å². The largest absolute Gasteiger partial charge is 0.495 e. The minimum Gasteiger partial charge on any atom is -0.495 e. The van der Waals surface area contributed by atoms with Crippen LogP contribution in [-0.2, 0) is 4.74 Å². The van der Waals surface area contributed by atoms with E-state index in [9.17, 15) is 0 Å². The molecule has 0 aliphatic carbocycles. The predicted octanol–water partition coefficient (Wildman–Crippen LogP) is 1.63. The normalized spacial score (nSPS) is 15.9. The van der Waals surface area contributed by atoms with Crippen LogP contribution in [0.25, 0.3) is 11.8 Å². The summed E-state index contributed by atoms with van der Waals surface area (Å²) >= 11 is 0. The van der Waals surface area contributed by atoms with Crippen molar-refractivity contribution in [2.24, 2.45) is 0 Å². The van der Waals surface area contributed by atoms with Gasteiger partial charge in [0.05, 0.1) is 22.4 Å². The zero-order valence-electron chi connectivity index (χ0n) is 10.5. The van der Waals surface area contributed by atoms with Gasteiger partial charge in [-0.3, -0.25) is 5.10 Å². The molecular weight excluding hydrogens is 200 g/mol. The van der Waals surface area contributed by atoms with Crippen LogP contribution in [0.1, 0.15) is 32.9 Å². The van der Waals surface area contributed by atoms with Crippen LogP contribution >= 0.6 is 0 Å². The van der Waals surface area contributed by atoms with E-state index in [4.69, 9.17) is 4.74 Å². The first-order valence-electron chi connectivity index (χ1n) is 5.61. The molecule has 0 fully saturated rings. The fraction of sp³-hybridized carbons (Fsp3) is 0.462. The Kier molecular flexibility index (Phi) is 4.35. The maximum absolute atomic E-state index is 5.81. The van der Waals surface area contributed by atoms with Gasteiger partial charge in [-0.15, -0.1) is 0 Å². The summed E-state index contributed by atoms with van der Waals surface area (Å²) in [6.45, 7) is 11.8. The summed E-state index contributed by atoms with van der Waals surface area (Å²) in [5, 5.41) is 9.15. The number of H-pyrrole nitrogens is 1. The first-order valence-corrected chi connectivity index (χ1v) is 5.61. The van der Waals surface area contributed by atoms with Gasteiger partial charge in [-0.05, 0) is 33.3 Å². The van der Waals surface area contributed by atoms with E-state index < -0.39 is 0 Å². The summed E-state index contributed by atoms with van der Waals surface area (Å²) in [5.74, 6) is 0.911. The third-order valence-corrected chi connectivity index (χ3v) is 2.56. The predicted molar refractivity (Wildman–Crippen MR) is 67.2 cm³/mol. The molecule has 3 heteroatoms. The molecule has 0 aromatic carbocycles. The van der Waals surface area contributed by atoms with Gasteiger partial charge in [-0.25, -0.2) is 0 Å². The van der Waals surface area contributed by atoms with Crippen LogP contribution in [0.5, 0.6) is 0 Å². The van der Waals surface area contributed by atoms with Crippen LogP contribution in [0.3, 0.4) is 0 Å². The quantitative estimate of drug-likeness (QED) is 0.837. The molecule has 88 valence electrons. The standard InChI is InChI=1S/C13H20N2O/c1-6-8-12-13(10(4)14-15-12)11(5)16-9(3)7-2/h6,8-9,15H,1,7H2,2-5H3/b12-8+,13-11+. The van der Waals surface area contributed by atoms with Crippen molar-refractivity contribution in [3.05, 3.63) is 28.9 Å². The van der Waals surface area contributed by atoms with Crippen molar-refractivity contribution in [3.8, 4) is 0 Å². The topological polar surface area (TPSA) is 37.9 Å². The SMILES string of the molecule is C=C/C=c1/[nH]nc(C)/c1=C(/C)OC(C)CC. The molecule has 0 aliphatic rings. The molecule has 1 aromatic heterocycles. The van der Waals surface area contributed by atoms with Crippen molar-refractivity contribution >= 4 is 11.8 Å². The molecule has 0 amide bonds. The fourth-order valence-corrected chi connectivity index (χ4v) is 1.58. The highest BCUT2D eigenvalue weighted by atomic mass is 16.5. The molecule has 1 rings (SSSR count). The molecule has 0 bridgehead atoms. The van der Waals surface area contributed by atoms with Crippen molar-refractivity contribution in [3.63, 3.8) is 0 Å². The van der Waals surface area contributed by atoms with Crippen LogP contribution < -0.4 is 10.6 Å². The van der Waals surface area contributed by atoms with Crippen LogP contribution in [0, 0.1) is 6.92 Å². The lowest BCUT2D eigenvalue weighted by molar-refractivity contribution is 0.175. The van der Waals surface area contributed by atoms with E-state index in [0.717, 1.165) is 28.4 Å². The number of aromatic amines is 1. The van der Waals surface area contributed by atoms with Gasteiger partial charge in [0.2, 0.25) is 0 Å². The number of ether oxygens (including phenoxy) is 1. The number of nitrogens with one attached hydrogen (secondary N) is 1.